The standard InChI is InChI=1S/C49H43N/c1-48(2,3)43-33-38(35-20-11-7-12-21-35)29-31-45(43)50(46-27-17-25-40-39-24-15-16-26-42(39)49(4,5)47(40)46)44-30-28-37(34-18-9-6-10-19-34)32-41(44)36-22-13-8-14-23-36/h6-33H,1-5H3. The van der Waals surface area contributed by atoms with Gasteiger partial charge in [-0.2, -0.15) is 0 Å². The molecule has 1 nitrogen and oxygen atoms in total. The van der Waals surface area contributed by atoms with Crippen molar-refractivity contribution in [1.29, 1.82) is 0 Å². The van der Waals surface area contributed by atoms with Crippen LogP contribution >= 0.6 is 0 Å². The van der Waals surface area contributed by atoms with Gasteiger partial charge in [0.1, 0.15) is 0 Å². The first-order chi connectivity index (χ1) is 24.2. The highest BCUT2D eigenvalue weighted by molar-refractivity contribution is 5.96. The molecular formula is C49H43N. The Morgan fingerprint density at radius 1 is 0.400 bits per heavy atom. The Morgan fingerprint density at radius 2 is 0.920 bits per heavy atom. The van der Waals surface area contributed by atoms with Crippen LogP contribution < -0.4 is 4.90 Å². The molecule has 50 heavy (non-hydrogen) atoms. The topological polar surface area (TPSA) is 3.24 Å². The quantitative estimate of drug-likeness (QED) is 0.174. The van der Waals surface area contributed by atoms with Crippen LogP contribution in [0.15, 0.2) is 170 Å². The van der Waals surface area contributed by atoms with Gasteiger partial charge < -0.3 is 4.90 Å². The Hall–Kier alpha value is -5.66. The fraction of sp³-hybridized carbons (Fsp3) is 0.143. The van der Waals surface area contributed by atoms with Gasteiger partial charge in [-0.15, -0.1) is 0 Å². The van der Waals surface area contributed by atoms with Crippen LogP contribution in [-0.2, 0) is 10.8 Å². The third-order valence-corrected chi connectivity index (χ3v) is 10.4. The Bertz CT molecular complexity index is 2310. The molecule has 0 aliphatic heterocycles. The van der Waals surface area contributed by atoms with Crippen molar-refractivity contribution in [2.75, 3.05) is 4.90 Å². The van der Waals surface area contributed by atoms with E-state index in [0.29, 0.717) is 0 Å². The summed E-state index contributed by atoms with van der Waals surface area (Å²) < 4.78 is 0. The van der Waals surface area contributed by atoms with Crippen molar-refractivity contribution in [2.45, 2.75) is 45.4 Å². The second-order valence-electron chi connectivity index (χ2n) is 15.0. The lowest BCUT2D eigenvalue weighted by Gasteiger charge is -2.37. The molecule has 0 amide bonds. The van der Waals surface area contributed by atoms with Crippen molar-refractivity contribution in [1.82, 2.24) is 0 Å². The van der Waals surface area contributed by atoms with E-state index in [1.54, 1.807) is 0 Å². The van der Waals surface area contributed by atoms with Crippen LogP contribution in [-0.4, -0.2) is 0 Å². The number of anilines is 3. The molecule has 7 aromatic rings. The van der Waals surface area contributed by atoms with Gasteiger partial charge in [-0.1, -0.05) is 174 Å². The smallest absolute Gasteiger partial charge is 0.0540 e. The molecule has 0 fully saturated rings. The number of nitrogens with zero attached hydrogens (tertiary/aromatic N) is 1. The van der Waals surface area contributed by atoms with Crippen molar-refractivity contribution in [3.63, 3.8) is 0 Å². The monoisotopic (exact) mass is 645 g/mol. The summed E-state index contributed by atoms with van der Waals surface area (Å²) in [4.78, 5) is 2.57. The minimum absolute atomic E-state index is 0.133. The molecule has 0 atom stereocenters. The molecule has 0 spiro atoms. The maximum atomic E-state index is 2.57. The first-order valence-electron chi connectivity index (χ1n) is 17.7. The van der Waals surface area contributed by atoms with E-state index in [-0.39, 0.29) is 10.8 Å². The van der Waals surface area contributed by atoms with Crippen molar-refractivity contribution >= 4 is 17.1 Å². The van der Waals surface area contributed by atoms with Crippen molar-refractivity contribution in [3.8, 4) is 44.5 Å². The fourth-order valence-electron chi connectivity index (χ4n) is 7.93. The van der Waals surface area contributed by atoms with Gasteiger partial charge in [0.15, 0.2) is 0 Å². The predicted octanol–water partition coefficient (Wildman–Crippen LogP) is 13.8. The van der Waals surface area contributed by atoms with Gasteiger partial charge >= 0.3 is 0 Å². The van der Waals surface area contributed by atoms with Gasteiger partial charge in [-0.3, -0.25) is 0 Å². The van der Waals surface area contributed by atoms with Crippen LogP contribution in [0, 0.1) is 0 Å². The van der Waals surface area contributed by atoms with Gasteiger partial charge in [-0.05, 0) is 91.4 Å². The third kappa shape index (κ3) is 5.44. The van der Waals surface area contributed by atoms with Crippen molar-refractivity contribution in [2.24, 2.45) is 0 Å². The second kappa shape index (κ2) is 12.3. The summed E-state index contributed by atoms with van der Waals surface area (Å²) in [5.41, 5.74) is 17.2. The van der Waals surface area contributed by atoms with Crippen molar-refractivity contribution in [3.05, 3.63) is 187 Å². The molecule has 0 radical (unpaired) electrons. The van der Waals surface area contributed by atoms with Crippen LogP contribution in [0.1, 0.15) is 51.3 Å². The minimum atomic E-state index is -0.191. The van der Waals surface area contributed by atoms with E-state index in [9.17, 15) is 0 Å². The third-order valence-electron chi connectivity index (χ3n) is 10.4. The van der Waals surface area contributed by atoms with Crippen molar-refractivity contribution < 1.29 is 0 Å². The molecule has 0 aromatic heterocycles. The van der Waals surface area contributed by atoms with Crippen LogP contribution in [0.25, 0.3) is 44.5 Å². The highest BCUT2D eigenvalue weighted by atomic mass is 15.2. The normalized spacial score (nSPS) is 13.1. The molecule has 8 rings (SSSR count). The summed E-state index contributed by atoms with van der Waals surface area (Å²) in [6.45, 7) is 11.8. The van der Waals surface area contributed by atoms with Gasteiger partial charge in [0.2, 0.25) is 0 Å². The lowest BCUT2D eigenvalue weighted by atomic mass is 9.80. The summed E-state index contributed by atoms with van der Waals surface area (Å²) in [7, 11) is 0. The summed E-state index contributed by atoms with van der Waals surface area (Å²) in [6.07, 6.45) is 0. The predicted molar refractivity (Wildman–Crippen MR) is 214 cm³/mol. The summed E-state index contributed by atoms with van der Waals surface area (Å²) in [6, 6.07) is 62.3. The molecule has 0 N–H and O–H groups in total. The molecule has 1 aliphatic carbocycles. The number of fused-ring (bicyclic) bond motifs is 3. The van der Waals surface area contributed by atoms with E-state index in [1.807, 2.05) is 0 Å². The van der Waals surface area contributed by atoms with Gasteiger partial charge in [0, 0.05) is 16.7 Å². The minimum Gasteiger partial charge on any atom is -0.309 e. The lowest BCUT2D eigenvalue weighted by molar-refractivity contribution is 0.591. The van der Waals surface area contributed by atoms with Gasteiger partial charge in [-0.25, -0.2) is 0 Å². The highest BCUT2D eigenvalue weighted by Gasteiger charge is 2.39. The molecule has 1 aliphatic rings. The number of hydrogen-bond acceptors (Lipinski definition) is 1. The molecular weight excluding hydrogens is 603 g/mol. The summed E-state index contributed by atoms with van der Waals surface area (Å²) in [5.74, 6) is 0. The number of hydrogen-bond donors (Lipinski definition) is 0. The largest absolute Gasteiger partial charge is 0.309 e. The van der Waals surface area contributed by atoms with E-state index < -0.39 is 0 Å². The van der Waals surface area contributed by atoms with E-state index in [0.717, 1.165) is 5.69 Å². The fourth-order valence-corrected chi connectivity index (χ4v) is 7.93. The zero-order valence-electron chi connectivity index (χ0n) is 29.6. The first kappa shape index (κ1) is 31.6. The molecule has 0 saturated heterocycles. The Labute approximate surface area is 297 Å². The maximum Gasteiger partial charge on any atom is 0.0540 e. The van der Waals surface area contributed by atoms with Gasteiger partial charge in [0.05, 0.1) is 11.4 Å². The van der Waals surface area contributed by atoms with E-state index in [1.165, 1.54) is 72.6 Å². The zero-order valence-corrected chi connectivity index (χ0v) is 29.6. The Morgan fingerprint density at radius 3 is 1.54 bits per heavy atom. The molecule has 7 aromatic carbocycles. The Kier molecular flexibility index (Phi) is 7.80. The second-order valence-corrected chi connectivity index (χ2v) is 15.0. The maximum absolute atomic E-state index is 2.57. The summed E-state index contributed by atoms with van der Waals surface area (Å²) in [5, 5.41) is 0. The van der Waals surface area contributed by atoms with Gasteiger partial charge in [0.25, 0.3) is 0 Å². The molecule has 1 heteroatoms. The zero-order chi connectivity index (χ0) is 34.5. The first-order valence-corrected chi connectivity index (χ1v) is 17.7. The van der Waals surface area contributed by atoms with Crippen LogP contribution in [0.4, 0.5) is 17.1 Å². The van der Waals surface area contributed by atoms with Crippen LogP contribution in [0.3, 0.4) is 0 Å². The van der Waals surface area contributed by atoms with E-state index in [4.69, 9.17) is 0 Å². The van der Waals surface area contributed by atoms with Crippen LogP contribution in [0.5, 0.6) is 0 Å². The average Bonchev–Trinajstić information content (AvgIpc) is 3.39. The molecule has 244 valence electrons. The SMILES string of the molecule is CC(C)(C)c1cc(-c2ccccc2)ccc1N(c1ccc(-c2ccccc2)cc1-c1ccccc1)c1cccc2c1C(C)(C)c1ccccc1-2. The van der Waals surface area contributed by atoms with E-state index in [2.05, 4.69) is 209 Å². The highest BCUT2D eigenvalue weighted by Crippen LogP contribution is 2.56. The number of benzene rings is 7. The molecule has 0 bridgehead atoms. The van der Waals surface area contributed by atoms with E-state index >= 15 is 0 Å². The molecule has 0 saturated carbocycles. The average molecular weight is 646 g/mol. The summed E-state index contributed by atoms with van der Waals surface area (Å²) >= 11 is 0. The lowest BCUT2D eigenvalue weighted by Crippen LogP contribution is -2.23. The Balaban J connectivity index is 1.46. The molecule has 0 heterocycles. The number of rotatable bonds is 6. The molecule has 0 unspecified atom stereocenters. The van der Waals surface area contributed by atoms with Crippen LogP contribution in [0.2, 0.25) is 0 Å².